The van der Waals surface area contributed by atoms with E-state index >= 15 is 0 Å². The molecular weight excluding hydrogens is 637 g/mol. The molecule has 0 saturated carbocycles. The Bertz CT molecular complexity index is 3120. The number of benzene rings is 8. The summed E-state index contributed by atoms with van der Waals surface area (Å²) in [4.78, 5) is 15.1. The molecule has 242 valence electrons. The summed E-state index contributed by atoms with van der Waals surface area (Å²) in [7, 11) is 0. The molecule has 5 heteroatoms. The van der Waals surface area contributed by atoms with Crippen LogP contribution in [-0.2, 0) is 0 Å². The molecule has 11 aromatic rings. The summed E-state index contributed by atoms with van der Waals surface area (Å²) in [6.45, 7) is 0. The molecule has 5 nitrogen and oxygen atoms in total. The van der Waals surface area contributed by atoms with E-state index in [1.54, 1.807) is 0 Å². The van der Waals surface area contributed by atoms with Crippen LogP contribution in [-0.4, -0.2) is 19.5 Å². The molecule has 0 N–H and O–H groups in total. The maximum absolute atomic E-state index is 6.59. The van der Waals surface area contributed by atoms with Crippen LogP contribution in [0.1, 0.15) is 0 Å². The van der Waals surface area contributed by atoms with Gasteiger partial charge in [-0.15, -0.1) is 0 Å². The lowest BCUT2D eigenvalue weighted by Gasteiger charge is -2.13. The monoisotopic (exact) mass is 664 g/mol. The lowest BCUT2D eigenvalue weighted by molar-refractivity contribution is 0.669. The predicted molar refractivity (Wildman–Crippen MR) is 213 cm³/mol. The highest BCUT2D eigenvalue weighted by molar-refractivity contribution is 6.24. The summed E-state index contributed by atoms with van der Waals surface area (Å²) >= 11 is 0. The number of fused-ring (bicyclic) bond motifs is 9. The minimum atomic E-state index is 0.600. The standard InChI is InChI=1S/C47H28N4O/c1-3-13-29(14-4-1)45-48-46(30-15-5-2-6-16-30)50-47(49-45)36-21-12-24-41-44(36)43-35-20-11-23-39(34(35)25-26-42(43)52-41)51-38-22-10-9-19-33(38)37-27-31-17-7-8-18-32(31)28-40(37)51/h1-28H. The Morgan fingerprint density at radius 2 is 1.00 bits per heavy atom. The summed E-state index contributed by atoms with van der Waals surface area (Å²) in [6.07, 6.45) is 0. The fourth-order valence-corrected chi connectivity index (χ4v) is 7.88. The van der Waals surface area contributed by atoms with Crippen molar-refractivity contribution in [3.05, 3.63) is 170 Å². The maximum Gasteiger partial charge on any atom is 0.164 e. The smallest absolute Gasteiger partial charge is 0.164 e. The summed E-state index contributed by atoms with van der Waals surface area (Å²) < 4.78 is 9.01. The van der Waals surface area contributed by atoms with Crippen molar-refractivity contribution in [3.8, 4) is 39.9 Å². The van der Waals surface area contributed by atoms with E-state index in [2.05, 4.69) is 102 Å². The molecular formula is C47H28N4O. The molecule has 0 fully saturated rings. The summed E-state index contributed by atoms with van der Waals surface area (Å²) in [5.74, 6) is 1.85. The van der Waals surface area contributed by atoms with Gasteiger partial charge in [-0.1, -0.05) is 127 Å². The van der Waals surface area contributed by atoms with Crippen molar-refractivity contribution in [3.63, 3.8) is 0 Å². The van der Waals surface area contributed by atoms with Crippen LogP contribution < -0.4 is 0 Å². The van der Waals surface area contributed by atoms with Gasteiger partial charge in [-0.2, -0.15) is 0 Å². The molecule has 3 aromatic heterocycles. The predicted octanol–water partition coefficient (Wildman–Crippen LogP) is 12.2. The van der Waals surface area contributed by atoms with E-state index in [0.717, 1.165) is 55.1 Å². The van der Waals surface area contributed by atoms with Crippen LogP contribution in [0.15, 0.2) is 174 Å². The molecule has 0 spiro atoms. The highest BCUT2D eigenvalue weighted by Gasteiger charge is 2.21. The Kier molecular flexibility index (Phi) is 6.18. The van der Waals surface area contributed by atoms with E-state index in [4.69, 9.17) is 19.4 Å². The number of aromatic nitrogens is 4. The number of hydrogen-bond donors (Lipinski definition) is 0. The molecule has 0 atom stereocenters. The van der Waals surface area contributed by atoms with E-state index in [-0.39, 0.29) is 0 Å². The van der Waals surface area contributed by atoms with E-state index in [0.29, 0.717) is 17.5 Å². The van der Waals surface area contributed by atoms with E-state index in [9.17, 15) is 0 Å². The molecule has 52 heavy (non-hydrogen) atoms. The summed E-state index contributed by atoms with van der Waals surface area (Å²) in [5, 5.41) is 9.19. The number of rotatable bonds is 4. The second-order valence-corrected chi connectivity index (χ2v) is 13.2. The molecule has 0 aliphatic heterocycles. The second kappa shape index (κ2) is 11.2. The Morgan fingerprint density at radius 3 is 1.77 bits per heavy atom. The fourth-order valence-electron chi connectivity index (χ4n) is 7.88. The lowest BCUT2D eigenvalue weighted by atomic mass is 9.99. The SMILES string of the molecule is c1ccc(-c2nc(-c3ccccc3)nc(-c3cccc4oc5ccc6c(-n7c8ccccc8c8cc9ccccc9cc87)cccc6c5c34)n2)cc1. The normalized spacial score (nSPS) is 11.8. The van der Waals surface area contributed by atoms with Gasteiger partial charge in [0.05, 0.1) is 16.7 Å². The Hall–Kier alpha value is -7.11. The largest absolute Gasteiger partial charge is 0.456 e. The molecule has 0 aliphatic carbocycles. The molecule has 0 radical (unpaired) electrons. The highest BCUT2D eigenvalue weighted by atomic mass is 16.3. The number of nitrogens with zero attached hydrogens (tertiary/aromatic N) is 4. The average Bonchev–Trinajstić information content (AvgIpc) is 3.76. The molecule has 0 amide bonds. The van der Waals surface area contributed by atoms with E-state index in [1.165, 1.54) is 32.6 Å². The molecule has 11 rings (SSSR count). The average molecular weight is 665 g/mol. The topological polar surface area (TPSA) is 56.7 Å². The van der Waals surface area contributed by atoms with Crippen LogP contribution in [0.3, 0.4) is 0 Å². The van der Waals surface area contributed by atoms with Crippen molar-refractivity contribution in [1.82, 2.24) is 19.5 Å². The Morgan fingerprint density at radius 1 is 0.385 bits per heavy atom. The fraction of sp³-hybridized carbons (Fsp3) is 0. The van der Waals surface area contributed by atoms with Crippen molar-refractivity contribution < 1.29 is 4.42 Å². The van der Waals surface area contributed by atoms with Crippen LogP contribution in [0.5, 0.6) is 0 Å². The Labute approximate surface area is 298 Å². The van der Waals surface area contributed by atoms with Gasteiger partial charge < -0.3 is 8.98 Å². The van der Waals surface area contributed by atoms with E-state index in [1.807, 2.05) is 72.8 Å². The van der Waals surface area contributed by atoms with Crippen LogP contribution in [0.25, 0.3) is 105 Å². The van der Waals surface area contributed by atoms with Gasteiger partial charge in [0.1, 0.15) is 11.2 Å². The van der Waals surface area contributed by atoms with Crippen LogP contribution in [0, 0.1) is 0 Å². The lowest BCUT2D eigenvalue weighted by Crippen LogP contribution is -2.00. The van der Waals surface area contributed by atoms with Crippen LogP contribution >= 0.6 is 0 Å². The van der Waals surface area contributed by atoms with Gasteiger partial charge >= 0.3 is 0 Å². The van der Waals surface area contributed by atoms with Gasteiger partial charge in [0, 0.05) is 43.6 Å². The third kappa shape index (κ3) is 4.33. The first-order valence-electron chi connectivity index (χ1n) is 17.5. The first kappa shape index (κ1) is 28.7. The zero-order chi connectivity index (χ0) is 34.2. The third-order valence-electron chi connectivity index (χ3n) is 10.2. The van der Waals surface area contributed by atoms with Gasteiger partial charge in [0.15, 0.2) is 17.5 Å². The summed E-state index contributed by atoms with van der Waals surface area (Å²) in [5.41, 5.74) is 7.84. The summed E-state index contributed by atoms with van der Waals surface area (Å²) in [6, 6.07) is 59.1. The zero-order valence-electron chi connectivity index (χ0n) is 27.9. The quantitative estimate of drug-likeness (QED) is 0.188. The zero-order valence-corrected chi connectivity index (χ0v) is 27.9. The minimum absolute atomic E-state index is 0.600. The van der Waals surface area contributed by atoms with Crippen molar-refractivity contribution in [1.29, 1.82) is 0 Å². The van der Waals surface area contributed by atoms with Crippen molar-refractivity contribution in [2.75, 3.05) is 0 Å². The second-order valence-electron chi connectivity index (χ2n) is 13.2. The Balaban J connectivity index is 1.20. The van der Waals surface area contributed by atoms with Gasteiger partial charge in [-0.3, -0.25) is 0 Å². The molecule has 8 aromatic carbocycles. The van der Waals surface area contributed by atoms with Crippen LogP contribution in [0.2, 0.25) is 0 Å². The first-order chi connectivity index (χ1) is 25.8. The number of furan rings is 1. The van der Waals surface area contributed by atoms with Crippen molar-refractivity contribution in [2.24, 2.45) is 0 Å². The minimum Gasteiger partial charge on any atom is -0.456 e. The third-order valence-corrected chi connectivity index (χ3v) is 10.2. The van der Waals surface area contributed by atoms with Gasteiger partial charge in [-0.05, 0) is 58.6 Å². The maximum atomic E-state index is 6.59. The van der Waals surface area contributed by atoms with Gasteiger partial charge in [0.2, 0.25) is 0 Å². The first-order valence-corrected chi connectivity index (χ1v) is 17.5. The van der Waals surface area contributed by atoms with E-state index < -0.39 is 0 Å². The molecule has 0 unspecified atom stereocenters. The van der Waals surface area contributed by atoms with Gasteiger partial charge in [0.25, 0.3) is 0 Å². The molecule has 0 saturated heterocycles. The van der Waals surface area contributed by atoms with Crippen molar-refractivity contribution >= 4 is 65.3 Å². The number of para-hydroxylation sites is 1. The van der Waals surface area contributed by atoms with Gasteiger partial charge in [-0.25, -0.2) is 15.0 Å². The number of hydrogen-bond acceptors (Lipinski definition) is 4. The highest BCUT2D eigenvalue weighted by Crippen LogP contribution is 2.43. The molecule has 3 heterocycles. The van der Waals surface area contributed by atoms with Crippen LogP contribution in [0.4, 0.5) is 0 Å². The van der Waals surface area contributed by atoms with Crippen molar-refractivity contribution in [2.45, 2.75) is 0 Å². The molecule has 0 bridgehead atoms. The molecule has 0 aliphatic rings.